The predicted molar refractivity (Wildman–Crippen MR) is 87.4 cm³/mol. The lowest BCUT2D eigenvalue weighted by Gasteiger charge is -2.36. The van der Waals surface area contributed by atoms with Crippen molar-refractivity contribution in [2.75, 3.05) is 7.11 Å². The number of nitrogens with zero attached hydrogens (tertiary/aromatic N) is 2. The van der Waals surface area contributed by atoms with Crippen LogP contribution < -0.4 is 0 Å². The molecule has 1 aliphatic heterocycles. The molecule has 3 rings (SSSR count). The Balaban J connectivity index is 2.06. The van der Waals surface area contributed by atoms with Gasteiger partial charge in [-0.3, -0.25) is 9.79 Å². The molecule has 6 nitrogen and oxygen atoms in total. The highest BCUT2D eigenvalue weighted by molar-refractivity contribution is 5.92. The molecule has 0 saturated heterocycles. The Morgan fingerprint density at radius 2 is 2.20 bits per heavy atom. The average molecular weight is 344 g/mol. The first-order valence-corrected chi connectivity index (χ1v) is 7.64. The summed E-state index contributed by atoms with van der Waals surface area (Å²) in [5, 5.41) is 3.60. The minimum atomic E-state index is -1.52. The number of carbonyl (C=O) groups is 1. The Hall–Kier alpha value is -2.80. The fourth-order valence-corrected chi connectivity index (χ4v) is 2.86. The molecular formula is C18H17FN2O4. The van der Waals surface area contributed by atoms with Crippen molar-refractivity contribution in [3.63, 3.8) is 0 Å². The lowest BCUT2D eigenvalue weighted by molar-refractivity contribution is -0.152. The average Bonchev–Trinajstić information content (AvgIpc) is 3.13. The quantitative estimate of drug-likeness (QED) is 0.780. The maximum atomic E-state index is 14.6. The topological polar surface area (TPSA) is 73.9 Å². The maximum Gasteiger partial charge on any atom is 0.325 e. The second-order valence-corrected chi connectivity index (χ2v) is 5.70. The van der Waals surface area contributed by atoms with Crippen molar-refractivity contribution in [3.05, 3.63) is 65.3 Å². The molecule has 2 aromatic rings. The molecule has 2 heterocycles. The van der Waals surface area contributed by atoms with Crippen LogP contribution in [0.15, 0.2) is 57.9 Å². The van der Waals surface area contributed by atoms with Crippen LogP contribution in [-0.4, -0.2) is 30.7 Å². The summed E-state index contributed by atoms with van der Waals surface area (Å²) in [6.07, 6.45) is 5.14. The van der Waals surface area contributed by atoms with Gasteiger partial charge in [0.2, 0.25) is 0 Å². The van der Waals surface area contributed by atoms with Crippen LogP contribution in [0.5, 0.6) is 0 Å². The van der Waals surface area contributed by atoms with E-state index in [1.165, 1.54) is 31.7 Å². The van der Waals surface area contributed by atoms with Gasteiger partial charge in [-0.25, -0.2) is 4.39 Å². The van der Waals surface area contributed by atoms with Crippen LogP contribution >= 0.6 is 0 Å². The van der Waals surface area contributed by atoms with E-state index in [4.69, 9.17) is 14.0 Å². The molecule has 25 heavy (non-hydrogen) atoms. The van der Waals surface area contributed by atoms with Crippen LogP contribution in [0.2, 0.25) is 0 Å². The van der Waals surface area contributed by atoms with E-state index in [-0.39, 0.29) is 12.2 Å². The number of ether oxygens (including phenoxy) is 2. The van der Waals surface area contributed by atoms with Gasteiger partial charge in [-0.1, -0.05) is 29.4 Å². The summed E-state index contributed by atoms with van der Waals surface area (Å²) in [5.74, 6) is -1.18. The smallest absolute Gasteiger partial charge is 0.325 e. The lowest BCUT2D eigenvalue weighted by atomic mass is 9.75. The largest absolute Gasteiger partial charge is 0.468 e. The number of esters is 1. The number of allylic oxidation sites excluding steroid dienone is 1. The van der Waals surface area contributed by atoms with E-state index < -0.39 is 23.4 Å². The summed E-state index contributed by atoms with van der Waals surface area (Å²) in [6, 6.07) is 6.03. The molecule has 0 bridgehead atoms. The van der Waals surface area contributed by atoms with E-state index in [2.05, 4.69) is 10.1 Å². The first-order valence-electron chi connectivity index (χ1n) is 7.64. The third-order valence-corrected chi connectivity index (χ3v) is 3.99. The molecule has 0 fully saturated rings. The van der Waals surface area contributed by atoms with E-state index in [1.54, 1.807) is 31.3 Å². The van der Waals surface area contributed by atoms with Crippen LogP contribution in [0.25, 0.3) is 0 Å². The van der Waals surface area contributed by atoms with Crippen LogP contribution in [0.4, 0.5) is 4.39 Å². The first-order chi connectivity index (χ1) is 12.1. The molecular weight excluding hydrogens is 327 g/mol. The van der Waals surface area contributed by atoms with Gasteiger partial charge < -0.3 is 14.0 Å². The zero-order valence-electron chi connectivity index (χ0n) is 13.8. The van der Waals surface area contributed by atoms with Crippen LogP contribution in [0.1, 0.15) is 18.1 Å². The molecule has 2 atom stereocenters. The molecule has 0 saturated carbocycles. The molecule has 130 valence electrons. The molecule has 0 spiro atoms. The van der Waals surface area contributed by atoms with E-state index in [1.807, 2.05) is 0 Å². The minimum absolute atomic E-state index is 0.103. The number of methoxy groups -OCH3 is 1. The Bertz CT molecular complexity index is 816. The minimum Gasteiger partial charge on any atom is -0.468 e. The van der Waals surface area contributed by atoms with Gasteiger partial charge in [0.15, 0.2) is 11.6 Å². The van der Waals surface area contributed by atoms with Crippen molar-refractivity contribution < 1.29 is 23.2 Å². The fraction of sp³-hybridized carbons (Fsp3) is 0.278. The van der Waals surface area contributed by atoms with Gasteiger partial charge in [0, 0.05) is 17.3 Å². The highest BCUT2D eigenvalue weighted by Gasteiger charge is 2.50. The number of benzene rings is 1. The number of hydrogen-bond acceptors (Lipinski definition) is 6. The molecule has 2 unspecified atom stereocenters. The molecule has 1 aromatic carbocycles. The van der Waals surface area contributed by atoms with Gasteiger partial charge in [0.25, 0.3) is 0 Å². The Morgan fingerprint density at radius 1 is 1.40 bits per heavy atom. The van der Waals surface area contributed by atoms with Crippen LogP contribution in [0.3, 0.4) is 0 Å². The number of carbonyl (C=O) groups excluding carboxylic acids is 1. The summed E-state index contributed by atoms with van der Waals surface area (Å²) < 4.78 is 30.1. The monoisotopic (exact) mass is 344 g/mol. The number of aromatic nitrogens is 1. The number of rotatable bonds is 5. The van der Waals surface area contributed by atoms with E-state index in [0.29, 0.717) is 11.1 Å². The van der Waals surface area contributed by atoms with Crippen molar-refractivity contribution >= 4 is 12.2 Å². The van der Waals surface area contributed by atoms with Gasteiger partial charge in [0.05, 0.1) is 19.9 Å². The second-order valence-electron chi connectivity index (χ2n) is 5.70. The number of hydrogen-bond donors (Lipinski definition) is 0. The first kappa shape index (κ1) is 17.0. The van der Waals surface area contributed by atoms with E-state index in [9.17, 15) is 9.18 Å². The Morgan fingerprint density at radius 3 is 2.88 bits per heavy atom. The van der Waals surface area contributed by atoms with Gasteiger partial charge in [-0.2, -0.15) is 0 Å². The molecule has 0 aliphatic carbocycles. The molecule has 1 aliphatic rings. The van der Waals surface area contributed by atoms with Crippen molar-refractivity contribution in [1.82, 2.24) is 5.16 Å². The van der Waals surface area contributed by atoms with Gasteiger partial charge >= 0.3 is 5.97 Å². The zero-order valence-corrected chi connectivity index (χ0v) is 13.8. The van der Waals surface area contributed by atoms with Crippen LogP contribution in [-0.2, 0) is 26.3 Å². The number of halogens is 1. The Labute approximate surface area is 143 Å². The summed E-state index contributed by atoms with van der Waals surface area (Å²) in [6.45, 7) is 1.88. The van der Waals surface area contributed by atoms with Gasteiger partial charge in [0.1, 0.15) is 12.1 Å². The predicted octanol–water partition coefficient (Wildman–Crippen LogP) is 2.80. The summed E-state index contributed by atoms with van der Waals surface area (Å²) in [7, 11) is 1.25. The highest BCUT2D eigenvalue weighted by atomic mass is 19.1. The van der Waals surface area contributed by atoms with E-state index >= 15 is 0 Å². The summed E-state index contributed by atoms with van der Waals surface area (Å²) >= 11 is 0. The molecule has 0 N–H and O–H groups in total. The third-order valence-electron chi connectivity index (χ3n) is 3.99. The van der Waals surface area contributed by atoms with Gasteiger partial charge in [-0.05, 0) is 18.6 Å². The Kier molecular flexibility index (Phi) is 4.76. The summed E-state index contributed by atoms with van der Waals surface area (Å²) in [5.41, 5.74) is 0.0106. The molecule has 0 radical (unpaired) electrons. The van der Waals surface area contributed by atoms with E-state index in [0.717, 1.165) is 0 Å². The van der Waals surface area contributed by atoms with Crippen molar-refractivity contribution in [1.29, 1.82) is 0 Å². The van der Waals surface area contributed by atoms with Crippen molar-refractivity contribution in [3.8, 4) is 0 Å². The van der Waals surface area contributed by atoms with Crippen molar-refractivity contribution in [2.24, 2.45) is 4.99 Å². The number of aliphatic imine (C=N–C) groups is 1. The summed E-state index contributed by atoms with van der Waals surface area (Å²) in [4.78, 5) is 17.1. The van der Waals surface area contributed by atoms with Crippen molar-refractivity contribution in [2.45, 2.75) is 25.2 Å². The normalized spacial score (nSPS) is 22.5. The second kappa shape index (κ2) is 6.98. The fourth-order valence-electron chi connectivity index (χ4n) is 2.86. The third kappa shape index (κ3) is 3.10. The van der Waals surface area contributed by atoms with Crippen LogP contribution in [0, 0.1) is 5.82 Å². The SMILES string of the molecule is COC(=O)C1(c2ccccc2F)C=C(C)C=NC1OCc1cnoc1. The molecule has 7 heteroatoms. The molecule has 0 amide bonds. The zero-order chi connectivity index (χ0) is 17.9. The highest BCUT2D eigenvalue weighted by Crippen LogP contribution is 2.38. The standard InChI is InChI=1S/C18H17FN2O4/c1-12-7-18(17(22)23-2,14-5-3-4-6-15(14)19)16(20-8-12)24-10-13-9-21-25-11-13/h3-9,11,16H,10H2,1-2H3. The lowest BCUT2D eigenvalue weighted by Crippen LogP contribution is -2.48. The maximum absolute atomic E-state index is 14.6. The molecule has 1 aromatic heterocycles. The van der Waals surface area contributed by atoms with Gasteiger partial charge in [-0.15, -0.1) is 0 Å². The number of dihydropyridines is 1.